The number of nitrogens with zero attached hydrogens (tertiary/aromatic N) is 4. The molecule has 10 heteroatoms. The predicted molar refractivity (Wildman–Crippen MR) is 123 cm³/mol. The summed E-state index contributed by atoms with van der Waals surface area (Å²) in [6, 6.07) is 6.91. The van der Waals surface area contributed by atoms with Gasteiger partial charge in [-0.1, -0.05) is 30.5 Å². The van der Waals surface area contributed by atoms with Gasteiger partial charge in [0.15, 0.2) is 5.82 Å². The first-order chi connectivity index (χ1) is 16.7. The van der Waals surface area contributed by atoms with Crippen molar-refractivity contribution in [3.63, 3.8) is 0 Å². The maximum Gasteiger partial charge on any atom is 0.337 e. The van der Waals surface area contributed by atoms with E-state index < -0.39 is 5.63 Å². The molecule has 0 radical (unpaired) electrons. The molecule has 0 aromatic carbocycles. The van der Waals surface area contributed by atoms with Gasteiger partial charge in [-0.3, -0.25) is 14.8 Å². The molecule has 1 N–H and O–H groups in total. The lowest BCUT2D eigenvalue weighted by Gasteiger charge is -2.07. The number of nitrogens with one attached hydrogen (secondary N) is 1. The van der Waals surface area contributed by atoms with E-state index in [1.54, 1.807) is 6.20 Å². The van der Waals surface area contributed by atoms with Crippen molar-refractivity contribution < 1.29 is 13.7 Å². The zero-order valence-electron chi connectivity index (χ0n) is 18.7. The van der Waals surface area contributed by atoms with Gasteiger partial charge in [0.25, 0.3) is 17.5 Å². The highest BCUT2D eigenvalue weighted by atomic mass is 16.5. The van der Waals surface area contributed by atoms with Crippen LogP contribution in [-0.4, -0.2) is 31.7 Å². The van der Waals surface area contributed by atoms with Gasteiger partial charge < -0.3 is 13.7 Å². The second kappa shape index (κ2) is 9.98. The lowest BCUT2D eigenvalue weighted by atomic mass is 10.1. The molecule has 0 bridgehead atoms. The third-order valence-electron chi connectivity index (χ3n) is 5.82. The highest BCUT2D eigenvalue weighted by Crippen LogP contribution is 2.34. The van der Waals surface area contributed by atoms with Crippen LogP contribution in [0.2, 0.25) is 0 Å². The quantitative estimate of drug-likeness (QED) is 0.331. The van der Waals surface area contributed by atoms with Gasteiger partial charge in [-0.2, -0.15) is 9.97 Å². The van der Waals surface area contributed by atoms with Crippen LogP contribution in [0.5, 0.6) is 6.01 Å². The number of H-pyrrole nitrogens is 1. The number of rotatable bonds is 11. The summed E-state index contributed by atoms with van der Waals surface area (Å²) in [5.74, 6) is 1.78. The zero-order valence-corrected chi connectivity index (χ0v) is 18.7. The number of unbranched alkanes of at least 4 members (excludes halogenated alkanes) is 1. The molecule has 0 aliphatic heterocycles. The lowest BCUT2D eigenvalue weighted by Crippen LogP contribution is -2.16. The molecule has 1 aliphatic rings. The number of hydrogen-bond acceptors (Lipinski definition) is 9. The smallest absolute Gasteiger partial charge is 0.337 e. The monoisotopic (exact) mass is 463 g/mol. The highest BCUT2D eigenvalue weighted by Gasteiger charge is 2.21. The number of aromatic nitrogens is 5. The van der Waals surface area contributed by atoms with Crippen LogP contribution in [0.4, 0.5) is 0 Å². The van der Waals surface area contributed by atoms with Gasteiger partial charge in [0.05, 0.1) is 6.61 Å². The van der Waals surface area contributed by atoms with Crippen LogP contribution in [0.1, 0.15) is 49.9 Å². The lowest BCUT2D eigenvalue weighted by molar-refractivity contribution is 0.281. The summed E-state index contributed by atoms with van der Waals surface area (Å²) in [4.78, 5) is 40.1. The van der Waals surface area contributed by atoms with Gasteiger partial charge in [0.1, 0.15) is 11.1 Å². The average Bonchev–Trinajstić information content (AvgIpc) is 3.53. The maximum absolute atomic E-state index is 12.7. The zero-order chi connectivity index (χ0) is 23.3. The van der Waals surface area contributed by atoms with E-state index in [4.69, 9.17) is 13.7 Å². The second-order valence-corrected chi connectivity index (χ2v) is 8.51. The van der Waals surface area contributed by atoms with Crippen molar-refractivity contribution in [2.45, 2.75) is 51.4 Å². The van der Waals surface area contributed by atoms with E-state index in [9.17, 15) is 9.59 Å². The Hall–Kier alpha value is -3.82. The summed E-state index contributed by atoms with van der Waals surface area (Å²) < 4.78 is 16.0. The van der Waals surface area contributed by atoms with Crippen LogP contribution in [0.25, 0.3) is 22.7 Å². The van der Waals surface area contributed by atoms with Gasteiger partial charge in [-0.05, 0) is 49.3 Å². The Morgan fingerprint density at radius 2 is 2.00 bits per heavy atom. The average molecular weight is 463 g/mol. The Kier molecular flexibility index (Phi) is 6.46. The van der Waals surface area contributed by atoms with Crippen LogP contribution >= 0.6 is 0 Å². The molecule has 1 fully saturated rings. The molecule has 4 aromatic heterocycles. The van der Waals surface area contributed by atoms with Crippen molar-refractivity contribution in [1.82, 2.24) is 25.1 Å². The molecule has 0 atom stereocenters. The summed E-state index contributed by atoms with van der Waals surface area (Å²) in [5.41, 5.74) is 0.453. The molecule has 5 rings (SSSR count). The topological polar surface area (TPSA) is 137 Å². The van der Waals surface area contributed by atoms with Gasteiger partial charge >= 0.3 is 5.63 Å². The first-order valence-corrected chi connectivity index (χ1v) is 11.6. The number of aryl methyl sites for hydroxylation is 2. The molecule has 176 valence electrons. The van der Waals surface area contributed by atoms with Gasteiger partial charge in [0.2, 0.25) is 5.71 Å². The van der Waals surface area contributed by atoms with Crippen molar-refractivity contribution in [3.05, 3.63) is 62.6 Å². The normalized spacial score (nSPS) is 13.4. The molecule has 34 heavy (non-hydrogen) atoms. The van der Waals surface area contributed by atoms with Crippen molar-refractivity contribution in [1.29, 1.82) is 0 Å². The molecule has 0 spiro atoms. The molecule has 0 saturated heterocycles. The van der Waals surface area contributed by atoms with Gasteiger partial charge in [-0.15, -0.1) is 0 Å². The van der Waals surface area contributed by atoms with Crippen molar-refractivity contribution in [2.24, 2.45) is 5.92 Å². The summed E-state index contributed by atoms with van der Waals surface area (Å²) in [5, 5.41) is 4.30. The predicted octanol–water partition coefficient (Wildman–Crippen LogP) is 3.46. The molecular weight excluding hydrogens is 438 g/mol. The third-order valence-corrected chi connectivity index (χ3v) is 5.82. The summed E-state index contributed by atoms with van der Waals surface area (Å²) in [6.07, 6.45) is 8.97. The van der Waals surface area contributed by atoms with E-state index in [1.165, 1.54) is 18.9 Å². The number of ether oxygens (including phenoxy) is 1. The second-order valence-electron chi connectivity index (χ2n) is 8.51. The first-order valence-electron chi connectivity index (χ1n) is 11.6. The van der Waals surface area contributed by atoms with Crippen LogP contribution < -0.4 is 15.9 Å². The summed E-state index contributed by atoms with van der Waals surface area (Å²) >= 11 is 0. The van der Waals surface area contributed by atoms with Gasteiger partial charge in [-0.25, -0.2) is 4.79 Å². The SMILES string of the molecule is O=c1cc(CCCC2CC2)c2c(=O)[nH]c(OCCCCc3noc(-c4ccccn4)n3)nc2o1. The van der Waals surface area contributed by atoms with E-state index in [2.05, 4.69) is 25.1 Å². The van der Waals surface area contributed by atoms with Crippen molar-refractivity contribution in [3.8, 4) is 17.6 Å². The largest absolute Gasteiger partial charge is 0.465 e. The van der Waals surface area contributed by atoms with E-state index in [0.717, 1.165) is 25.2 Å². The van der Waals surface area contributed by atoms with E-state index in [0.29, 0.717) is 54.2 Å². The summed E-state index contributed by atoms with van der Waals surface area (Å²) in [6.45, 7) is 0.324. The maximum atomic E-state index is 12.7. The number of hydrogen-bond donors (Lipinski definition) is 1. The third kappa shape index (κ3) is 5.38. The molecule has 0 unspecified atom stereocenters. The number of fused-ring (bicyclic) bond motifs is 1. The molecule has 1 saturated carbocycles. The van der Waals surface area contributed by atoms with E-state index in [1.807, 2.05) is 18.2 Å². The molecule has 0 amide bonds. The van der Waals surface area contributed by atoms with Crippen LogP contribution in [0.3, 0.4) is 0 Å². The van der Waals surface area contributed by atoms with Crippen molar-refractivity contribution >= 4 is 11.1 Å². The minimum absolute atomic E-state index is 0.0153. The van der Waals surface area contributed by atoms with Crippen LogP contribution in [0.15, 0.2) is 49.0 Å². The van der Waals surface area contributed by atoms with Gasteiger partial charge in [0, 0.05) is 18.7 Å². The fraction of sp³-hybridized carbons (Fsp3) is 0.417. The highest BCUT2D eigenvalue weighted by molar-refractivity contribution is 5.75. The Labute approximate surface area is 194 Å². The Balaban J connectivity index is 1.15. The first kappa shape index (κ1) is 22.0. The van der Waals surface area contributed by atoms with Crippen molar-refractivity contribution in [2.75, 3.05) is 6.61 Å². The number of aromatic amines is 1. The molecular formula is C24H25N5O5. The van der Waals surface area contributed by atoms with E-state index >= 15 is 0 Å². The Morgan fingerprint density at radius 1 is 1.09 bits per heavy atom. The minimum atomic E-state index is -0.511. The van der Waals surface area contributed by atoms with Crippen LogP contribution in [-0.2, 0) is 12.8 Å². The Morgan fingerprint density at radius 3 is 2.82 bits per heavy atom. The minimum Gasteiger partial charge on any atom is -0.465 e. The summed E-state index contributed by atoms with van der Waals surface area (Å²) in [7, 11) is 0. The van der Waals surface area contributed by atoms with E-state index in [-0.39, 0.29) is 17.3 Å². The fourth-order valence-corrected chi connectivity index (χ4v) is 3.89. The standard InChI is InChI=1S/C24H25N5O5/c30-19-14-16(7-5-6-15-10-11-15)20-21(31)27-24(28-23(20)33-19)32-13-4-2-9-18-26-22(34-29-18)17-8-1-3-12-25-17/h1,3,8,12,14-15H,2,4-7,9-11,13H2,(H,27,28,31). The Bertz CT molecular complexity index is 1370. The molecule has 4 heterocycles. The van der Waals surface area contributed by atoms with Crippen LogP contribution in [0, 0.1) is 5.92 Å². The molecule has 1 aliphatic carbocycles. The molecule has 4 aromatic rings. The molecule has 10 nitrogen and oxygen atoms in total. The number of pyridine rings is 1. The fourth-order valence-electron chi connectivity index (χ4n) is 3.89.